The Hall–Kier alpha value is -2.56. The van der Waals surface area contributed by atoms with Crippen molar-refractivity contribution in [1.82, 2.24) is 9.78 Å². The summed E-state index contributed by atoms with van der Waals surface area (Å²) >= 11 is 0. The third kappa shape index (κ3) is 2.18. The molecule has 3 rings (SSSR count). The zero-order valence-electron chi connectivity index (χ0n) is 11.6. The molecule has 0 atom stereocenters. The maximum atomic E-state index is 12.2. The number of carbonyl (C=O) groups excluding carboxylic acids is 1. The van der Waals surface area contributed by atoms with E-state index in [9.17, 15) is 4.79 Å². The Kier molecular flexibility index (Phi) is 2.82. The first-order valence-electron chi connectivity index (χ1n) is 6.35. The monoisotopic (exact) mass is 269 g/mol. The summed E-state index contributed by atoms with van der Waals surface area (Å²) in [5, 5.41) is 7.89. The lowest BCUT2D eigenvalue weighted by atomic mass is 10.2. The van der Waals surface area contributed by atoms with Crippen LogP contribution in [-0.2, 0) is 7.05 Å². The lowest BCUT2D eigenvalue weighted by molar-refractivity contribution is 0.0998. The highest BCUT2D eigenvalue weighted by atomic mass is 16.3. The molecule has 0 aliphatic carbocycles. The number of aromatic nitrogens is 2. The van der Waals surface area contributed by atoms with Gasteiger partial charge in [-0.05, 0) is 31.5 Å². The quantitative estimate of drug-likeness (QED) is 0.777. The molecule has 0 saturated heterocycles. The summed E-state index contributed by atoms with van der Waals surface area (Å²) in [7, 11) is 1.78. The first kappa shape index (κ1) is 12.5. The first-order chi connectivity index (χ1) is 9.52. The highest BCUT2D eigenvalue weighted by molar-refractivity contribution is 6.04. The Morgan fingerprint density at radius 3 is 2.75 bits per heavy atom. The van der Waals surface area contributed by atoms with Gasteiger partial charge in [0.25, 0.3) is 5.91 Å². The highest BCUT2D eigenvalue weighted by Crippen LogP contribution is 2.21. The van der Waals surface area contributed by atoms with Crippen molar-refractivity contribution >= 4 is 22.7 Å². The van der Waals surface area contributed by atoms with E-state index in [0.29, 0.717) is 11.6 Å². The van der Waals surface area contributed by atoms with Crippen molar-refractivity contribution in [3.05, 3.63) is 47.3 Å². The number of fused-ring (bicyclic) bond motifs is 1. The summed E-state index contributed by atoms with van der Waals surface area (Å²) in [6.07, 6.45) is 0. The van der Waals surface area contributed by atoms with Gasteiger partial charge in [0.1, 0.15) is 11.4 Å². The fourth-order valence-electron chi connectivity index (χ4n) is 2.16. The largest absolute Gasteiger partial charge is 0.451 e. The van der Waals surface area contributed by atoms with Gasteiger partial charge in [-0.25, -0.2) is 0 Å². The van der Waals surface area contributed by atoms with E-state index in [1.54, 1.807) is 17.8 Å². The molecule has 0 spiro atoms. The van der Waals surface area contributed by atoms with E-state index in [-0.39, 0.29) is 5.91 Å². The van der Waals surface area contributed by atoms with Gasteiger partial charge in [0, 0.05) is 18.5 Å². The smallest absolute Gasteiger partial charge is 0.292 e. The molecule has 1 aromatic carbocycles. The van der Waals surface area contributed by atoms with Crippen LogP contribution in [0.2, 0.25) is 0 Å². The van der Waals surface area contributed by atoms with Crippen molar-refractivity contribution in [3.63, 3.8) is 0 Å². The minimum atomic E-state index is -0.276. The lowest BCUT2D eigenvalue weighted by Gasteiger charge is -2.02. The topological polar surface area (TPSA) is 60.1 Å². The summed E-state index contributed by atoms with van der Waals surface area (Å²) < 4.78 is 7.21. The second-order valence-corrected chi connectivity index (χ2v) is 4.90. The number of benzene rings is 1. The number of furan rings is 1. The molecule has 5 heteroatoms. The molecule has 0 fully saturated rings. The summed E-state index contributed by atoms with van der Waals surface area (Å²) in [6, 6.07) is 9.40. The van der Waals surface area contributed by atoms with Crippen LogP contribution in [0.15, 0.2) is 34.7 Å². The number of rotatable bonds is 2. The predicted molar refractivity (Wildman–Crippen MR) is 76.8 cm³/mol. The average molecular weight is 269 g/mol. The molecule has 102 valence electrons. The van der Waals surface area contributed by atoms with Crippen LogP contribution in [0.4, 0.5) is 5.82 Å². The van der Waals surface area contributed by atoms with Gasteiger partial charge < -0.3 is 9.73 Å². The summed E-state index contributed by atoms with van der Waals surface area (Å²) in [5.74, 6) is 0.662. The van der Waals surface area contributed by atoms with E-state index in [0.717, 1.165) is 22.2 Å². The third-order valence-electron chi connectivity index (χ3n) is 3.14. The van der Waals surface area contributed by atoms with Crippen molar-refractivity contribution in [2.45, 2.75) is 13.8 Å². The Morgan fingerprint density at radius 2 is 2.05 bits per heavy atom. The molecule has 0 saturated carbocycles. The van der Waals surface area contributed by atoms with Crippen LogP contribution in [0, 0.1) is 13.8 Å². The minimum Gasteiger partial charge on any atom is -0.451 e. The van der Waals surface area contributed by atoms with Crippen LogP contribution in [0.25, 0.3) is 11.0 Å². The Labute approximate surface area is 116 Å². The van der Waals surface area contributed by atoms with E-state index in [1.807, 2.05) is 38.1 Å². The van der Waals surface area contributed by atoms with E-state index in [1.165, 1.54) is 0 Å². The number of amides is 1. The predicted octanol–water partition coefficient (Wildman–Crippen LogP) is 3.04. The van der Waals surface area contributed by atoms with Gasteiger partial charge in [0.2, 0.25) is 0 Å². The Balaban J connectivity index is 1.90. The standard InChI is InChI=1S/C15H15N3O2/c1-9-4-5-11-8-13(20-12(11)6-9)15(19)16-14-7-10(2)17-18(14)3/h4-8H,1-3H3,(H,16,19). The SMILES string of the molecule is Cc1ccc2cc(C(=O)Nc3cc(C)nn3C)oc2c1. The zero-order chi connectivity index (χ0) is 14.3. The molecule has 3 aromatic rings. The van der Waals surface area contributed by atoms with Crippen molar-refractivity contribution in [2.75, 3.05) is 5.32 Å². The number of anilines is 1. The second-order valence-electron chi connectivity index (χ2n) is 4.90. The second kappa shape index (κ2) is 4.52. The van der Waals surface area contributed by atoms with Gasteiger partial charge in [-0.2, -0.15) is 5.10 Å². The van der Waals surface area contributed by atoms with E-state index in [2.05, 4.69) is 10.4 Å². The molecule has 0 aliphatic heterocycles. The van der Waals surface area contributed by atoms with Crippen molar-refractivity contribution in [1.29, 1.82) is 0 Å². The van der Waals surface area contributed by atoms with Crippen LogP contribution in [0.3, 0.4) is 0 Å². The number of aryl methyl sites for hydroxylation is 3. The molecular weight excluding hydrogens is 254 g/mol. The molecule has 5 nitrogen and oxygen atoms in total. The third-order valence-corrected chi connectivity index (χ3v) is 3.14. The van der Waals surface area contributed by atoms with Gasteiger partial charge in [0.15, 0.2) is 5.76 Å². The van der Waals surface area contributed by atoms with Crippen LogP contribution in [0.5, 0.6) is 0 Å². The van der Waals surface area contributed by atoms with E-state index in [4.69, 9.17) is 4.42 Å². The van der Waals surface area contributed by atoms with Crippen molar-refractivity contribution in [2.24, 2.45) is 7.05 Å². The van der Waals surface area contributed by atoms with Crippen molar-refractivity contribution < 1.29 is 9.21 Å². The molecular formula is C15H15N3O2. The van der Waals surface area contributed by atoms with E-state index < -0.39 is 0 Å². The molecule has 1 amide bonds. The highest BCUT2D eigenvalue weighted by Gasteiger charge is 2.14. The number of nitrogens with zero attached hydrogens (tertiary/aromatic N) is 2. The molecule has 2 heterocycles. The fourth-order valence-corrected chi connectivity index (χ4v) is 2.16. The normalized spacial score (nSPS) is 10.9. The summed E-state index contributed by atoms with van der Waals surface area (Å²) in [5.41, 5.74) is 2.67. The van der Waals surface area contributed by atoms with Gasteiger partial charge in [0.05, 0.1) is 5.69 Å². The maximum Gasteiger partial charge on any atom is 0.292 e. The zero-order valence-corrected chi connectivity index (χ0v) is 11.6. The fraction of sp³-hybridized carbons (Fsp3) is 0.200. The van der Waals surface area contributed by atoms with Crippen molar-refractivity contribution in [3.8, 4) is 0 Å². The number of nitrogens with one attached hydrogen (secondary N) is 1. The van der Waals surface area contributed by atoms with E-state index >= 15 is 0 Å². The van der Waals surface area contributed by atoms with Gasteiger partial charge in [-0.1, -0.05) is 12.1 Å². The maximum absolute atomic E-state index is 12.2. The summed E-state index contributed by atoms with van der Waals surface area (Å²) in [4.78, 5) is 12.2. The molecule has 2 aromatic heterocycles. The average Bonchev–Trinajstić information content (AvgIpc) is 2.92. The number of carbonyl (C=O) groups is 1. The Bertz CT molecular complexity index is 799. The molecule has 0 aliphatic rings. The van der Waals surface area contributed by atoms with Crippen LogP contribution in [-0.4, -0.2) is 15.7 Å². The first-order valence-corrected chi connectivity index (χ1v) is 6.35. The number of hydrogen-bond acceptors (Lipinski definition) is 3. The number of hydrogen-bond donors (Lipinski definition) is 1. The van der Waals surface area contributed by atoms with Crippen LogP contribution in [0.1, 0.15) is 21.8 Å². The van der Waals surface area contributed by atoms with Crippen LogP contribution < -0.4 is 5.32 Å². The van der Waals surface area contributed by atoms with Gasteiger partial charge in [-0.3, -0.25) is 9.48 Å². The molecule has 0 radical (unpaired) electrons. The molecule has 0 bridgehead atoms. The lowest BCUT2D eigenvalue weighted by Crippen LogP contribution is -2.13. The molecule has 0 unspecified atom stereocenters. The summed E-state index contributed by atoms with van der Waals surface area (Å²) in [6.45, 7) is 3.86. The molecule has 20 heavy (non-hydrogen) atoms. The van der Waals surface area contributed by atoms with Gasteiger partial charge in [-0.15, -0.1) is 0 Å². The van der Waals surface area contributed by atoms with Gasteiger partial charge >= 0.3 is 0 Å². The van der Waals surface area contributed by atoms with Crippen LogP contribution >= 0.6 is 0 Å². The minimum absolute atomic E-state index is 0.276. The molecule has 1 N–H and O–H groups in total. The Morgan fingerprint density at radius 1 is 1.25 bits per heavy atom.